The summed E-state index contributed by atoms with van der Waals surface area (Å²) in [5.41, 5.74) is 14.6. The number of benzene rings is 7. The standard InChI is InChI=1S/C52H36N4/c1-2-12-39(13-3-1)52-53-46(34-47(54-52)38-28-32-41(33-29-38)56-50-20-10-6-16-44(50)45-17-7-11-21-51(45)56)37-24-22-35(23-25-37)36-26-30-40(31-27-36)55-48-18-8-4-14-42(48)43-15-5-9-19-49(43)55/h1-34,44,50H. The van der Waals surface area contributed by atoms with Crippen LogP contribution in [0.4, 0.5) is 11.4 Å². The molecule has 1 aliphatic heterocycles. The lowest BCUT2D eigenvalue weighted by atomic mass is 9.91. The van der Waals surface area contributed by atoms with Gasteiger partial charge in [0.2, 0.25) is 0 Å². The van der Waals surface area contributed by atoms with E-state index in [0.717, 1.165) is 39.3 Å². The molecule has 0 bridgehead atoms. The molecule has 0 amide bonds. The molecular formula is C52H36N4. The Morgan fingerprint density at radius 1 is 0.411 bits per heavy atom. The average Bonchev–Trinajstić information content (AvgIpc) is 3.80. The van der Waals surface area contributed by atoms with Gasteiger partial charge in [-0.15, -0.1) is 0 Å². The molecule has 2 unspecified atom stereocenters. The molecule has 4 heteroatoms. The molecule has 56 heavy (non-hydrogen) atoms. The molecule has 0 saturated heterocycles. The van der Waals surface area contributed by atoms with E-state index in [1.54, 1.807) is 0 Å². The largest absolute Gasteiger partial charge is 0.333 e. The van der Waals surface area contributed by atoms with Gasteiger partial charge in [0.25, 0.3) is 0 Å². The molecule has 9 aromatic rings. The summed E-state index contributed by atoms with van der Waals surface area (Å²) in [5, 5.41) is 2.54. The predicted molar refractivity (Wildman–Crippen MR) is 232 cm³/mol. The highest BCUT2D eigenvalue weighted by Crippen LogP contribution is 2.47. The van der Waals surface area contributed by atoms with Gasteiger partial charge in [0.05, 0.1) is 28.5 Å². The van der Waals surface area contributed by atoms with Crippen molar-refractivity contribution in [2.45, 2.75) is 12.0 Å². The average molecular weight is 717 g/mol. The van der Waals surface area contributed by atoms with Crippen molar-refractivity contribution in [2.24, 2.45) is 0 Å². The number of hydrogen-bond donors (Lipinski definition) is 0. The van der Waals surface area contributed by atoms with Gasteiger partial charge in [-0.1, -0.05) is 158 Å². The monoisotopic (exact) mass is 716 g/mol. The highest BCUT2D eigenvalue weighted by Gasteiger charge is 2.36. The molecule has 1 aliphatic carbocycles. The number of allylic oxidation sites excluding steroid dienone is 2. The first-order chi connectivity index (χ1) is 27.8. The van der Waals surface area contributed by atoms with Crippen LogP contribution in [0.3, 0.4) is 0 Å². The van der Waals surface area contributed by atoms with E-state index in [1.165, 1.54) is 44.3 Å². The fraction of sp³-hybridized carbons (Fsp3) is 0.0385. The molecule has 0 fully saturated rings. The Hall–Kier alpha value is -7.30. The Morgan fingerprint density at radius 3 is 1.61 bits per heavy atom. The second-order valence-electron chi connectivity index (χ2n) is 14.6. The van der Waals surface area contributed by atoms with Crippen LogP contribution in [0.25, 0.3) is 72.5 Å². The summed E-state index contributed by atoms with van der Waals surface area (Å²) >= 11 is 0. The van der Waals surface area contributed by atoms with Crippen LogP contribution in [0.2, 0.25) is 0 Å². The van der Waals surface area contributed by atoms with E-state index < -0.39 is 0 Å². The number of anilines is 2. The number of aromatic nitrogens is 3. The maximum absolute atomic E-state index is 5.11. The first kappa shape index (κ1) is 32.2. The molecule has 11 rings (SSSR count). The quantitative estimate of drug-likeness (QED) is 0.172. The summed E-state index contributed by atoms with van der Waals surface area (Å²) < 4.78 is 2.36. The van der Waals surface area contributed by atoms with E-state index >= 15 is 0 Å². The van der Waals surface area contributed by atoms with E-state index in [0.29, 0.717) is 11.7 Å². The first-order valence-electron chi connectivity index (χ1n) is 19.2. The van der Waals surface area contributed by atoms with Crippen molar-refractivity contribution in [2.75, 3.05) is 4.90 Å². The summed E-state index contributed by atoms with van der Waals surface area (Å²) in [6.45, 7) is 0. The smallest absolute Gasteiger partial charge is 0.160 e. The van der Waals surface area contributed by atoms with Crippen LogP contribution < -0.4 is 4.90 Å². The molecule has 264 valence electrons. The van der Waals surface area contributed by atoms with Gasteiger partial charge in [0, 0.05) is 50.4 Å². The molecule has 2 aromatic heterocycles. The summed E-state index contributed by atoms with van der Waals surface area (Å²) in [7, 11) is 0. The van der Waals surface area contributed by atoms with Crippen molar-refractivity contribution in [3.05, 3.63) is 212 Å². The number of hydrogen-bond acceptors (Lipinski definition) is 3. The Bertz CT molecular complexity index is 2900. The van der Waals surface area contributed by atoms with Crippen molar-refractivity contribution in [1.82, 2.24) is 14.5 Å². The van der Waals surface area contributed by atoms with Crippen molar-refractivity contribution in [3.8, 4) is 50.7 Å². The Morgan fingerprint density at radius 2 is 0.929 bits per heavy atom. The highest BCUT2D eigenvalue weighted by molar-refractivity contribution is 6.09. The highest BCUT2D eigenvalue weighted by atomic mass is 15.2. The number of nitrogens with zero attached hydrogens (tertiary/aromatic N) is 4. The molecule has 3 heterocycles. The van der Waals surface area contributed by atoms with Crippen LogP contribution in [0.5, 0.6) is 0 Å². The summed E-state index contributed by atoms with van der Waals surface area (Å²) in [4.78, 5) is 12.7. The van der Waals surface area contributed by atoms with Gasteiger partial charge in [-0.2, -0.15) is 0 Å². The Labute approximate surface area is 326 Å². The van der Waals surface area contributed by atoms with Gasteiger partial charge in [-0.25, -0.2) is 9.97 Å². The molecule has 0 saturated carbocycles. The zero-order valence-corrected chi connectivity index (χ0v) is 30.6. The fourth-order valence-electron chi connectivity index (χ4n) is 8.68. The third kappa shape index (κ3) is 5.38. The maximum atomic E-state index is 5.11. The third-order valence-corrected chi connectivity index (χ3v) is 11.4. The predicted octanol–water partition coefficient (Wildman–Crippen LogP) is 13.0. The minimum Gasteiger partial charge on any atom is -0.333 e. The van der Waals surface area contributed by atoms with Gasteiger partial charge in [-0.05, 0) is 65.2 Å². The zero-order chi connectivity index (χ0) is 37.0. The minimum atomic E-state index is 0.263. The lowest BCUT2D eigenvalue weighted by Crippen LogP contribution is -2.28. The topological polar surface area (TPSA) is 34.0 Å². The normalized spacial score (nSPS) is 15.7. The summed E-state index contributed by atoms with van der Waals surface area (Å²) in [6, 6.07) is 65.1. The maximum Gasteiger partial charge on any atom is 0.160 e. The van der Waals surface area contributed by atoms with E-state index in [-0.39, 0.29) is 6.04 Å². The molecule has 0 spiro atoms. The number of fused-ring (bicyclic) bond motifs is 6. The van der Waals surface area contributed by atoms with Crippen LogP contribution in [0, 0.1) is 0 Å². The minimum absolute atomic E-state index is 0.263. The number of rotatable bonds is 6. The van der Waals surface area contributed by atoms with Gasteiger partial charge < -0.3 is 9.47 Å². The number of para-hydroxylation sites is 3. The van der Waals surface area contributed by atoms with Crippen LogP contribution in [-0.4, -0.2) is 20.6 Å². The zero-order valence-electron chi connectivity index (χ0n) is 30.6. The SMILES string of the molecule is C1=CC2c3ccccc3N(c3ccc(-c4cc(-c5ccc(-c6ccc(-n7c8ccccc8c8ccccc87)cc6)cc5)nc(-c5ccccc5)n4)cc3)C2C=C1. The molecular weight excluding hydrogens is 681 g/mol. The lowest BCUT2D eigenvalue weighted by Gasteiger charge is -2.28. The van der Waals surface area contributed by atoms with Gasteiger partial charge in [-0.3, -0.25) is 0 Å². The molecule has 2 atom stereocenters. The van der Waals surface area contributed by atoms with Crippen LogP contribution in [0.15, 0.2) is 206 Å². The lowest BCUT2D eigenvalue weighted by molar-refractivity contribution is 0.745. The van der Waals surface area contributed by atoms with Crippen LogP contribution in [0.1, 0.15) is 11.5 Å². The third-order valence-electron chi connectivity index (χ3n) is 11.4. The Kier molecular flexibility index (Phi) is 7.59. The molecule has 0 N–H and O–H groups in total. The summed E-state index contributed by atoms with van der Waals surface area (Å²) in [5.74, 6) is 1.06. The molecule has 2 aliphatic rings. The van der Waals surface area contributed by atoms with E-state index in [9.17, 15) is 0 Å². The van der Waals surface area contributed by atoms with Gasteiger partial charge in [0.1, 0.15) is 0 Å². The van der Waals surface area contributed by atoms with Crippen molar-refractivity contribution < 1.29 is 0 Å². The van der Waals surface area contributed by atoms with E-state index in [4.69, 9.17) is 9.97 Å². The van der Waals surface area contributed by atoms with E-state index in [1.807, 2.05) is 18.2 Å². The van der Waals surface area contributed by atoms with Gasteiger partial charge in [0.15, 0.2) is 5.82 Å². The Balaban J connectivity index is 0.918. The second kappa shape index (κ2) is 13.2. The fourth-order valence-corrected chi connectivity index (χ4v) is 8.68. The van der Waals surface area contributed by atoms with Crippen LogP contribution in [-0.2, 0) is 0 Å². The van der Waals surface area contributed by atoms with Crippen LogP contribution >= 0.6 is 0 Å². The van der Waals surface area contributed by atoms with Crippen molar-refractivity contribution >= 4 is 33.2 Å². The van der Waals surface area contributed by atoms with Crippen molar-refractivity contribution in [3.63, 3.8) is 0 Å². The van der Waals surface area contributed by atoms with Gasteiger partial charge >= 0.3 is 0 Å². The molecule has 7 aromatic carbocycles. The first-order valence-corrected chi connectivity index (χ1v) is 19.2. The second-order valence-corrected chi connectivity index (χ2v) is 14.6. The summed E-state index contributed by atoms with van der Waals surface area (Å²) in [6.07, 6.45) is 8.97. The van der Waals surface area contributed by atoms with Crippen molar-refractivity contribution in [1.29, 1.82) is 0 Å². The molecule has 0 radical (unpaired) electrons. The van der Waals surface area contributed by atoms with E-state index in [2.05, 4.69) is 198 Å². The molecule has 4 nitrogen and oxygen atoms in total.